The summed E-state index contributed by atoms with van der Waals surface area (Å²) in [6, 6.07) is 0. The number of hydrogen-bond acceptors (Lipinski definition) is 4. The van der Waals surface area contributed by atoms with Crippen molar-refractivity contribution in [2.75, 3.05) is 0 Å². The largest absolute Gasteiger partial charge is 2.00 e. The number of carbonyl (C=O) groups excluding carboxylic acids is 2. The predicted octanol–water partition coefficient (Wildman–Crippen LogP) is -2.72. The number of aliphatic carboxylic acids is 2. The van der Waals surface area contributed by atoms with Crippen LogP contribution in [0.15, 0.2) is 0 Å². The molecule has 1 saturated carbocycles. The Morgan fingerprint density at radius 1 is 1.09 bits per heavy atom. The van der Waals surface area contributed by atoms with Crippen LogP contribution in [0, 0.1) is 5.41 Å². The second kappa shape index (κ2) is 3.95. The monoisotopic (exact) mass is 280 g/mol. The zero-order chi connectivity index (χ0) is 7.78. The van der Waals surface area contributed by atoms with E-state index < -0.39 is 17.4 Å². The molecule has 0 heterocycles. The number of carbonyl (C=O) groups is 2. The molecule has 0 radical (unpaired) electrons. The van der Waals surface area contributed by atoms with E-state index in [2.05, 4.69) is 0 Å². The molecular formula is C6H6BaO4. The summed E-state index contributed by atoms with van der Waals surface area (Å²) in [5, 5.41) is 20.4. The summed E-state index contributed by atoms with van der Waals surface area (Å²) in [7, 11) is 0. The van der Waals surface area contributed by atoms with Gasteiger partial charge in [-0.1, -0.05) is 6.42 Å². The minimum atomic E-state index is -1.67. The standard InChI is InChI=1S/C6H8O4.Ba/c7-4(8)6(5(9)10)2-1-3-6;/h1-3H2,(H,7,8)(H,9,10);/q;+2/p-2. The van der Waals surface area contributed by atoms with Gasteiger partial charge >= 0.3 is 48.9 Å². The van der Waals surface area contributed by atoms with Crippen LogP contribution in [0.4, 0.5) is 0 Å². The van der Waals surface area contributed by atoms with Gasteiger partial charge in [-0.25, -0.2) is 0 Å². The Morgan fingerprint density at radius 3 is 1.45 bits per heavy atom. The van der Waals surface area contributed by atoms with Gasteiger partial charge in [-0.2, -0.15) is 0 Å². The Bertz CT molecular complexity index is 169. The molecule has 0 saturated heterocycles. The Labute approximate surface area is 104 Å². The summed E-state index contributed by atoms with van der Waals surface area (Å²) in [5.74, 6) is -3.03. The van der Waals surface area contributed by atoms with Gasteiger partial charge in [0, 0.05) is 5.41 Å². The Kier molecular flexibility index (Phi) is 4.14. The van der Waals surface area contributed by atoms with Crippen LogP contribution in [0.5, 0.6) is 0 Å². The Morgan fingerprint density at radius 2 is 1.45 bits per heavy atom. The van der Waals surface area contributed by atoms with Crippen molar-refractivity contribution < 1.29 is 19.8 Å². The zero-order valence-electron chi connectivity index (χ0n) is 5.96. The van der Waals surface area contributed by atoms with Crippen LogP contribution >= 0.6 is 0 Å². The van der Waals surface area contributed by atoms with Gasteiger partial charge in [0.1, 0.15) is 0 Å². The van der Waals surface area contributed by atoms with Crippen molar-refractivity contribution >= 4 is 60.8 Å². The van der Waals surface area contributed by atoms with Gasteiger partial charge in [0.25, 0.3) is 0 Å². The summed E-state index contributed by atoms with van der Waals surface area (Å²) >= 11 is 0. The van der Waals surface area contributed by atoms with Crippen LogP contribution in [0.1, 0.15) is 19.3 Å². The first-order valence-electron chi connectivity index (χ1n) is 3.02. The summed E-state index contributed by atoms with van der Waals surface area (Å²) in [4.78, 5) is 20.4. The van der Waals surface area contributed by atoms with E-state index in [1.165, 1.54) is 0 Å². The minimum absolute atomic E-state index is 0. The van der Waals surface area contributed by atoms with Crippen molar-refractivity contribution in [1.82, 2.24) is 0 Å². The third-order valence-electron chi connectivity index (χ3n) is 1.99. The first-order chi connectivity index (χ1) is 4.59. The molecule has 1 aliphatic carbocycles. The summed E-state index contributed by atoms with van der Waals surface area (Å²) < 4.78 is 0. The number of rotatable bonds is 2. The maximum Gasteiger partial charge on any atom is 2.00 e. The third-order valence-corrected chi connectivity index (χ3v) is 1.99. The first-order valence-corrected chi connectivity index (χ1v) is 3.02. The van der Waals surface area contributed by atoms with E-state index in [0.29, 0.717) is 6.42 Å². The van der Waals surface area contributed by atoms with E-state index in [1.807, 2.05) is 0 Å². The fourth-order valence-electron chi connectivity index (χ4n) is 1.02. The van der Waals surface area contributed by atoms with Gasteiger partial charge in [-0.3, -0.25) is 0 Å². The molecule has 0 bridgehead atoms. The number of carboxylic acids is 2. The van der Waals surface area contributed by atoms with Crippen LogP contribution < -0.4 is 10.2 Å². The quantitative estimate of drug-likeness (QED) is 0.406. The van der Waals surface area contributed by atoms with Crippen LogP contribution in [0.25, 0.3) is 0 Å². The average Bonchev–Trinajstić information content (AvgIpc) is 1.57. The van der Waals surface area contributed by atoms with Crippen molar-refractivity contribution in [1.29, 1.82) is 0 Å². The molecule has 0 N–H and O–H groups in total. The van der Waals surface area contributed by atoms with Gasteiger partial charge < -0.3 is 19.8 Å². The second-order valence-electron chi connectivity index (χ2n) is 2.51. The molecule has 0 unspecified atom stereocenters. The van der Waals surface area contributed by atoms with Gasteiger partial charge in [-0.15, -0.1) is 0 Å². The van der Waals surface area contributed by atoms with Crippen LogP contribution in [-0.4, -0.2) is 60.8 Å². The van der Waals surface area contributed by atoms with Crippen LogP contribution in [-0.2, 0) is 9.59 Å². The number of carboxylic acid groups (broad SMARTS) is 2. The molecule has 4 nitrogen and oxygen atoms in total. The molecule has 1 aliphatic rings. The van der Waals surface area contributed by atoms with E-state index in [4.69, 9.17) is 0 Å². The topological polar surface area (TPSA) is 80.3 Å². The molecule has 5 heteroatoms. The predicted molar refractivity (Wildman–Crippen MR) is 32.1 cm³/mol. The average molecular weight is 279 g/mol. The van der Waals surface area contributed by atoms with Gasteiger partial charge in [0.2, 0.25) is 0 Å². The Hall–Kier alpha value is 0.511. The molecule has 0 aromatic carbocycles. The maximum absolute atomic E-state index is 10.2. The van der Waals surface area contributed by atoms with E-state index >= 15 is 0 Å². The SMILES string of the molecule is O=C([O-])C1(C(=O)[O-])CCC1.[Ba+2]. The van der Waals surface area contributed by atoms with Crippen molar-refractivity contribution in [3.05, 3.63) is 0 Å². The molecular weight excluding hydrogens is 273 g/mol. The van der Waals surface area contributed by atoms with Gasteiger partial charge in [-0.05, 0) is 12.8 Å². The summed E-state index contributed by atoms with van der Waals surface area (Å²) in [5.41, 5.74) is -1.67. The summed E-state index contributed by atoms with van der Waals surface area (Å²) in [6.45, 7) is 0. The Balaban J connectivity index is 0.000001000. The fourth-order valence-corrected chi connectivity index (χ4v) is 1.02. The van der Waals surface area contributed by atoms with E-state index in [0.717, 1.165) is 0 Å². The van der Waals surface area contributed by atoms with Crippen molar-refractivity contribution in [2.45, 2.75) is 19.3 Å². The van der Waals surface area contributed by atoms with Crippen LogP contribution in [0.2, 0.25) is 0 Å². The molecule has 1 rings (SSSR count). The molecule has 0 aliphatic heterocycles. The molecule has 1 fully saturated rings. The molecule has 0 aromatic heterocycles. The summed E-state index contributed by atoms with van der Waals surface area (Å²) in [6.07, 6.45) is 0.928. The maximum atomic E-state index is 10.2. The molecule has 0 spiro atoms. The minimum Gasteiger partial charge on any atom is -0.549 e. The second-order valence-corrected chi connectivity index (χ2v) is 2.51. The van der Waals surface area contributed by atoms with Crippen molar-refractivity contribution in [3.63, 3.8) is 0 Å². The molecule has 11 heavy (non-hydrogen) atoms. The van der Waals surface area contributed by atoms with Crippen molar-refractivity contribution in [3.8, 4) is 0 Å². The number of hydrogen-bond donors (Lipinski definition) is 0. The third kappa shape index (κ3) is 1.81. The fraction of sp³-hybridized carbons (Fsp3) is 0.667. The van der Waals surface area contributed by atoms with E-state index in [9.17, 15) is 19.8 Å². The van der Waals surface area contributed by atoms with Gasteiger partial charge in [0.05, 0.1) is 11.9 Å². The molecule has 0 amide bonds. The normalized spacial score (nSPS) is 19.3. The zero-order valence-corrected chi connectivity index (χ0v) is 10.4. The van der Waals surface area contributed by atoms with E-state index in [-0.39, 0.29) is 61.7 Å². The molecule has 0 atom stereocenters. The molecule has 0 aromatic rings. The molecule has 56 valence electrons. The van der Waals surface area contributed by atoms with Crippen molar-refractivity contribution in [2.24, 2.45) is 5.41 Å². The van der Waals surface area contributed by atoms with E-state index in [1.54, 1.807) is 0 Å². The van der Waals surface area contributed by atoms with Crippen LogP contribution in [0.3, 0.4) is 0 Å². The van der Waals surface area contributed by atoms with Gasteiger partial charge in [0.15, 0.2) is 0 Å². The smallest absolute Gasteiger partial charge is 0.549 e. The first kappa shape index (κ1) is 11.5.